The average Bonchev–Trinajstić information content (AvgIpc) is 2.71. The highest BCUT2D eigenvalue weighted by Gasteiger charge is 2.16. The topological polar surface area (TPSA) is 50.2 Å². The van der Waals surface area contributed by atoms with E-state index in [0.29, 0.717) is 10.6 Å². The van der Waals surface area contributed by atoms with Gasteiger partial charge in [-0.2, -0.15) is 0 Å². The SMILES string of the molecule is Cc1nc(-c2sccc2Br)sc1C(=O)O. The van der Waals surface area contributed by atoms with Gasteiger partial charge in [0.2, 0.25) is 0 Å². The number of aromatic nitrogens is 1. The number of hydrogen-bond donors (Lipinski definition) is 1. The van der Waals surface area contributed by atoms with E-state index in [-0.39, 0.29) is 0 Å². The Kier molecular flexibility index (Phi) is 2.90. The first kappa shape index (κ1) is 10.8. The van der Waals surface area contributed by atoms with Gasteiger partial charge in [-0.3, -0.25) is 0 Å². The third kappa shape index (κ3) is 1.97. The highest BCUT2D eigenvalue weighted by molar-refractivity contribution is 9.10. The van der Waals surface area contributed by atoms with E-state index < -0.39 is 5.97 Å². The number of carboxylic acids is 1. The van der Waals surface area contributed by atoms with Crippen molar-refractivity contribution in [3.05, 3.63) is 26.5 Å². The quantitative estimate of drug-likeness (QED) is 0.921. The Morgan fingerprint density at radius 3 is 2.80 bits per heavy atom. The molecule has 2 rings (SSSR count). The van der Waals surface area contributed by atoms with Crippen molar-refractivity contribution in [2.75, 3.05) is 0 Å². The van der Waals surface area contributed by atoms with Crippen LogP contribution in [-0.2, 0) is 0 Å². The van der Waals surface area contributed by atoms with Crippen LogP contribution in [0, 0.1) is 6.92 Å². The van der Waals surface area contributed by atoms with E-state index in [1.807, 2.05) is 11.4 Å². The maximum Gasteiger partial charge on any atom is 0.347 e. The fourth-order valence-corrected chi connectivity index (χ4v) is 3.84. The van der Waals surface area contributed by atoms with Crippen molar-refractivity contribution < 1.29 is 9.90 Å². The van der Waals surface area contributed by atoms with Crippen molar-refractivity contribution in [1.82, 2.24) is 4.98 Å². The van der Waals surface area contributed by atoms with E-state index >= 15 is 0 Å². The van der Waals surface area contributed by atoms with E-state index in [9.17, 15) is 4.79 Å². The Morgan fingerprint density at radius 2 is 2.33 bits per heavy atom. The van der Waals surface area contributed by atoms with Gasteiger partial charge in [-0.15, -0.1) is 22.7 Å². The molecule has 78 valence electrons. The van der Waals surface area contributed by atoms with Crippen LogP contribution in [0.1, 0.15) is 15.4 Å². The molecule has 0 bridgehead atoms. The number of carboxylic acid groups (broad SMARTS) is 1. The van der Waals surface area contributed by atoms with E-state index in [2.05, 4.69) is 20.9 Å². The van der Waals surface area contributed by atoms with Gasteiger partial charge in [0.15, 0.2) is 0 Å². The van der Waals surface area contributed by atoms with E-state index in [1.54, 1.807) is 18.3 Å². The predicted octanol–water partition coefficient (Wildman–Crippen LogP) is 3.64. The fourth-order valence-electron chi connectivity index (χ4n) is 1.14. The molecule has 6 heteroatoms. The second kappa shape index (κ2) is 4.03. The number of aryl methyl sites for hydroxylation is 1. The number of carbonyl (C=O) groups is 1. The van der Waals surface area contributed by atoms with Gasteiger partial charge < -0.3 is 5.11 Å². The number of halogens is 1. The van der Waals surface area contributed by atoms with Crippen LogP contribution in [0.25, 0.3) is 9.88 Å². The molecule has 1 N–H and O–H groups in total. The third-order valence-corrected chi connectivity index (χ3v) is 4.94. The second-order valence-electron chi connectivity index (χ2n) is 2.84. The lowest BCUT2D eigenvalue weighted by atomic mass is 10.4. The molecule has 0 atom stereocenters. The summed E-state index contributed by atoms with van der Waals surface area (Å²) in [5.74, 6) is -0.913. The molecule has 0 aliphatic heterocycles. The first-order chi connectivity index (χ1) is 7.09. The molecule has 0 aliphatic carbocycles. The zero-order valence-electron chi connectivity index (χ0n) is 7.65. The van der Waals surface area contributed by atoms with Crippen LogP contribution in [0.15, 0.2) is 15.9 Å². The monoisotopic (exact) mass is 303 g/mol. The molecule has 2 aromatic heterocycles. The summed E-state index contributed by atoms with van der Waals surface area (Å²) >= 11 is 6.16. The van der Waals surface area contributed by atoms with Crippen LogP contribution in [-0.4, -0.2) is 16.1 Å². The summed E-state index contributed by atoms with van der Waals surface area (Å²) in [5.41, 5.74) is 0.572. The molecule has 15 heavy (non-hydrogen) atoms. The molecule has 0 aliphatic rings. The molecule has 0 fully saturated rings. The molecule has 0 spiro atoms. The molecule has 0 saturated carbocycles. The predicted molar refractivity (Wildman–Crippen MR) is 64.8 cm³/mol. The molecule has 3 nitrogen and oxygen atoms in total. The number of rotatable bonds is 2. The van der Waals surface area contributed by atoms with E-state index in [1.165, 1.54) is 11.3 Å². The van der Waals surface area contributed by atoms with Gasteiger partial charge in [0.05, 0.1) is 10.6 Å². The number of hydrogen-bond acceptors (Lipinski definition) is 4. The molecular weight excluding hydrogens is 298 g/mol. The summed E-state index contributed by atoms with van der Waals surface area (Å²) in [7, 11) is 0. The molecule has 2 heterocycles. The van der Waals surface area contributed by atoms with Gasteiger partial charge in [0.1, 0.15) is 9.88 Å². The van der Waals surface area contributed by atoms with Gasteiger partial charge in [-0.1, -0.05) is 0 Å². The summed E-state index contributed by atoms with van der Waals surface area (Å²) in [6, 6.07) is 1.93. The zero-order chi connectivity index (χ0) is 11.0. The molecule has 0 unspecified atom stereocenters. The lowest BCUT2D eigenvalue weighted by Crippen LogP contribution is -1.94. The number of nitrogens with zero attached hydrogens (tertiary/aromatic N) is 1. The molecule has 0 amide bonds. The Balaban J connectivity index is 2.52. The minimum absolute atomic E-state index is 0.310. The van der Waals surface area contributed by atoms with E-state index in [4.69, 9.17) is 5.11 Å². The summed E-state index contributed by atoms with van der Waals surface area (Å²) in [6.45, 7) is 1.71. The van der Waals surface area contributed by atoms with E-state index in [0.717, 1.165) is 14.4 Å². The Hall–Kier alpha value is -0.720. The maximum atomic E-state index is 10.9. The number of aromatic carboxylic acids is 1. The van der Waals surface area contributed by atoms with Crippen molar-refractivity contribution in [3.8, 4) is 9.88 Å². The summed E-state index contributed by atoms with van der Waals surface area (Å²) in [5, 5.41) is 11.6. The van der Waals surface area contributed by atoms with Crippen LogP contribution in [0.2, 0.25) is 0 Å². The summed E-state index contributed by atoms with van der Waals surface area (Å²) in [4.78, 5) is 16.4. The average molecular weight is 304 g/mol. The normalized spacial score (nSPS) is 10.5. The van der Waals surface area contributed by atoms with Crippen molar-refractivity contribution in [1.29, 1.82) is 0 Å². The minimum Gasteiger partial charge on any atom is -0.477 e. The smallest absolute Gasteiger partial charge is 0.347 e. The van der Waals surface area contributed by atoms with Crippen LogP contribution < -0.4 is 0 Å². The van der Waals surface area contributed by atoms with Crippen LogP contribution in [0.4, 0.5) is 0 Å². The van der Waals surface area contributed by atoms with Crippen molar-refractivity contribution in [2.45, 2.75) is 6.92 Å². The fraction of sp³-hybridized carbons (Fsp3) is 0.111. The van der Waals surface area contributed by atoms with Crippen LogP contribution in [0.3, 0.4) is 0 Å². The van der Waals surface area contributed by atoms with Crippen molar-refractivity contribution in [2.24, 2.45) is 0 Å². The second-order valence-corrected chi connectivity index (χ2v) is 5.61. The van der Waals surface area contributed by atoms with Crippen molar-refractivity contribution >= 4 is 44.6 Å². The molecule has 0 aromatic carbocycles. The lowest BCUT2D eigenvalue weighted by molar-refractivity contribution is 0.0701. The van der Waals surface area contributed by atoms with Gasteiger partial charge in [-0.25, -0.2) is 9.78 Å². The standard InChI is InChI=1S/C9H6BrNO2S2/c1-4-6(9(12)13)15-8(11-4)7-5(10)2-3-14-7/h2-3H,1H3,(H,12,13). The summed E-state index contributed by atoms with van der Waals surface area (Å²) < 4.78 is 0.957. The van der Waals surface area contributed by atoms with Gasteiger partial charge >= 0.3 is 5.97 Å². The summed E-state index contributed by atoms with van der Waals surface area (Å²) in [6.07, 6.45) is 0. The maximum absolute atomic E-state index is 10.9. The molecular formula is C9H6BrNO2S2. The Labute approximate surface area is 103 Å². The minimum atomic E-state index is -0.913. The van der Waals surface area contributed by atoms with Gasteiger partial charge in [-0.05, 0) is 34.3 Å². The first-order valence-corrected chi connectivity index (χ1v) is 6.52. The van der Waals surface area contributed by atoms with Crippen molar-refractivity contribution in [3.63, 3.8) is 0 Å². The zero-order valence-corrected chi connectivity index (χ0v) is 10.9. The van der Waals surface area contributed by atoms with Gasteiger partial charge in [0, 0.05) is 4.47 Å². The lowest BCUT2D eigenvalue weighted by Gasteiger charge is -1.89. The highest BCUT2D eigenvalue weighted by atomic mass is 79.9. The third-order valence-electron chi connectivity index (χ3n) is 1.80. The molecule has 0 radical (unpaired) electrons. The molecule has 0 saturated heterocycles. The number of thiazole rings is 1. The van der Waals surface area contributed by atoms with Gasteiger partial charge in [0.25, 0.3) is 0 Å². The Bertz CT molecular complexity index is 518. The van der Waals surface area contributed by atoms with Crippen LogP contribution in [0.5, 0.6) is 0 Å². The largest absolute Gasteiger partial charge is 0.477 e. The highest BCUT2D eigenvalue weighted by Crippen LogP contribution is 2.36. The Morgan fingerprint density at radius 1 is 1.60 bits per heavy atom. The molecule has 2 aromatic rings. The number of thiophene rings is 1. The van der Waals surface area contributed by atoms with Crippen LogP contribution >= 0.6 is 38.6 Å². The first-order valence-electron chi connectivity index (χ1n) is 4.03.